The fraction of sp³-hybridized carbons (Fsp3) is 0.286. The van der Waals surface area contributed by atoms with Crippen molar-refractivity contribution in [3.05, 3.63) is 89.0 Å². The van der Waals surface area contributed by atoms with Gasteiger partial charge in [-0.15, -0.1) is 0 Å². The van der Waals surface area contributed by atoms with E-state index in [9.17, 15) is 9.59 Å². The van der Waals surface area contributed by atoms with Gasteiger partial charge in [0.2, 0.25) is 0 Å². The van der Waals surface area contributed by atoms with Crippen LogP contribution in [0.15, 0.2) is 71.1 Å². The van der Waals surface area contributed by atoms with Gasteiger partial charge in [-0.1, -0.05) is 30.3 Å². The highest BCUT2D eigenvalue weighted by atomic mass is 16.3. The Morgan fingerprint density at radius 3 is 1.78 bits per heavy atom. The average Bonchev–Trinajstić information content (AvgIpc) is 3.41. The van der Waals surface area contributed by atoms with E-state index < -0.39 is 0 Å². The number of rotatable bonds is 0. The molecule has 14 rings (SSSR count). The van der Waals surface area contributed by atoms with Crippen LogP contribution in [0.1, 0.15) is 95.0 Å². The lowest BCUT2D eigenvalue weighted by Gasteiger charge is -2.22. The van der Waals surface area contributed by atoms with Gasteiger partial charge in [0.15, 0.2) is 11.6 Å². The summed E-state index contributed by atoms with van der Waals surface area (Å²) in [4.78, 5) is 27.9. The molecule has 6 aliphatic carbocycles. The maximum absolute atomic E-state index is 14.0. The molecule has 4 heteroatoms. The molecule has 0 saturated heterocycles. The predicted octanol–water partition coefficient (Wildman–Crippen LogP) is 10.8. The van der Waals surface area contributed by atoms with Crippen molar-refractivity contribution in [1.82, 2.24) is 4.40 Å². The van der Waals surface area contributed by atoms with Gasteiger partial charge in [-0.3, -0.25) is 9.59 Å². The van der Waals surface area contributed by atoms with Crippen LogP contribution < -0.4 is 0 Å². The highest BCUT2D eigenvalue weighted by Gasteiger charge is 2.38. The Labute approximate surface area is 264 Å². The fourth-order valence-corrected chi connectivity index (χ4v) is 10.7. The summed E-state index contributed by atoms with van der Waals surface area (Å²) in [6, 6.07) is 24.3. The van der Waals surface area contributed by atoms with Crippen LogP contribution in [0, 0.1) is 11.8 Å². The SMILES string of the molecule is O=C1c2cc3c(cc2C2CCC1CC2)c1cc2oc4cccc5cccc(c54)c2c2c4cc5c(cc4n3c12)C(=O)C1CCC5CC1. The van der Waals surface area contributed by atoms with Gasteiger partial charge in [-0.05, 0) is 121 Å². The van der Waals surface area contributed by atoms with Crippen LogP contribution in [0.2, 0.25) is 0 Å². The van der Waals surface area contributed by atoms with Gasteiger partial charge in [0.1, 0.15) is 11.2 Å². The van der Waals surface area contributed by atoms with Gasteiger partial charge >= 0.3 is 0 Å². The second kappa shape index (κ2) is 8.17. The third-order valence-corrected chi connectivity index (χ3v) is 12.8. The molecule has 0 unspecified atom stereocenters. The van der Waals surface area contributed by atoms with E-state index in [0.717, 1.165) is 95.5 Å². The lowest BCUT2D eigenvalue weighted by molar-refractivity contribution is 0.0891. The molecule has 2 saturated carbocycles. The Bertz CT molecular complexity index is 2700. The number of aromatic nitrogens is 1. The summed E-state index contributed by atoms with van der Waals surface area (Å²) in [7, 11) is 0. The van der Waals surface area contributed by atoms with Crippen molar-refractivity contribution in [1.29, 1.82) is 0 Å². The van der Waals surface area contributed by atoms with Gasteiger partial charge < -0.3 is 8.82 Å². The molecule has 0 aliphatic heterocycles. The van der Waals surface area contributed by atoms with Crippen molar-refractivity contribution in [3.8, 4) is 0 Å². The van der Waals surface area contributed by atoms with E-state index in [1.165, 1.54) is 49.0 Å². The molecule has 0 N–H and O–H groups in total. The summed E-state index contributed by atoms with van der Waals surface area (Å²) < 4.78 is 9.24. The Morgan fingerprint density at radius 2 is 1.11 bits per heavy atom. The quantitative estimate of drug-likeness (QED) is 0.129. The lowest BCUT2D eigenvalue weighted by atomic mass is 9.82. The monoisotopic (exact) mass is 597 g/mol. The number of hydrogen-bond donors (Lipinski definition) is 0. The van der Waals surface area contributed by atoms with E-state index in [1.54, 1.807) is 0 Å². The van der Waals surface area contributed by atoms with E-state index >= 15 is 0 Å². The first-order chi connectivity index (χ1) is 22.6. The van der Waals surface area contributed by atoms with Gasteiger partial charge in [-0.25, -0.2) is 0 Å². The van der Waals surface area contributed by atoms with Crippen LogP contribution in [0.3, 0.4) is 0 Å². The first-order valence-corrected chi connectivity index (χ1v) is 17.3. The normalized spacial score (nSPS) is 24.3. The van der Waals surface area contributed by atoms with Crippen LogP contribution in [0.5, 0.6) is 0 Å². The average molecular weight is 598 g/mol. The summed E-state index contributed by atoms with van der Waals surface area (Å²) in [6.45, 7) is 0. The summed E-state index contributed by atoms with van der Waals surface area (Å²) in [5, 5.41) is 9.42. The maximum atomic E-state index is 14.0. The van der Waals surface area contributed by atoms with E-state index in [4.69, 9.17) is 4.42 Å². The number of benzene rings is 5. The number of hydrogen-bond acceptors (Lipinski definition) is 3. The third kappa shape index (κ3) is 2.81. The molecule has 4 bridgehead atoms. The molecule has 0 atom stereocenters. The summed E-state index contributed by atoms with van der Waals surface area (Å²) in [5.74, 6) is 1.80. The molecule has 3 aromatic heterocycles. The van der Waals surface area contributed by atoms with Crippen LogP contribution in [-0.2, 0) is 0 Å². The highest BCUT2D eigenvalue weighted by molar-refractivity contribution is 6.36. The summed E-state index contributed by atoms with van der Waals surface area (Å²) in [6.07, 6.45) is 8.36. The molecule has 0 radical (unpaired) electrons. The summed E-state index contributed by atoms with van der Waals surface area (Å²) >= 11 is 0. The third-order valence-electron chi connectivity index (χ3n) is 12.8. The Balaban J connectivity index is 1.34. The zero-order valence-electron chi connectivity index (χ0n) is 25.5. The molecular weight excluding hydrogens is 566 g/mol. The van der Waals surface area contributed by atoms with Crippen molar-refractivity contribution < 1.29 is 14.0 Å². The fourth-order valence-electron chi connectivity index (χ4n) is 10.7. The Morgan fingerprint density at radius 1 is 0.522 bits per heavy atom. The molecular formula is C42H31NO3. The maximum Gasteiger partial charge on any atom is 0.166 e. The van der Waals surface area contributed by atoms with Crippen LogP contribution in [0.25, 0.3) is 70.8 Å². The van der Waals surface area contributed by atoms with Crippen molar-refractivity contribution in [2.24, 2.45) is 11.8 Å². The van der Waals surface area contributed by atoms with Crippen molar-refractivity contribution >= 4 is 82.4 Å². The number of nitrogens with zero attached hydrogens (tertiary/aromatic N) is 1. The highest BCUT2D eigenvalue weighted by Crippen LogP contribution is 2.51. The Hall–Kier alpha value is -4.70. The van der Waals surface area contributed by atoms with Crippen molar-refractivity contribution in [2.75, 3.05) is 0 Å². The van der Waals surface area contributed by atoms with Crippen LogP contribution in [-0.4, -0.2) is 16.0 Å². The topological polar surface area (TPSA) is 51.7 Å². The van der Waals surface area contributed by atoms with Crippen molar-refractivity contribution in [3.63, 3.8) is 0 Å². The zero-order valence-corrected chi connectivity index (χ0v) is 25.5. The lowest BCUT2D eigenvalue weighted by Crippen LogP contribution is -2.15. The minimum atomic E-state index is 0.139. The largest absolute Gasteiger partial charge is 0.456 e. The standard InChI is InChI=1S/C42H31NO3/c44-41-23-11-7-20(8-12-23)26-15-28-29-19-36-38(25-5-1-3-22-4-2-6-35(46-36)37(22)25)39-32-16-27-21-9-13-24(14-10-21)42(45)31(27)18-34(32)43(40(29)39)33(28)17-30(26)41/h1-6,15-21,23-24H,7-14H2. The minimum Gasteiger partial charge on any atom is -0.456 e. The number of carbonyl (C=O) groups excluding carboxylic acids is 2. The molecule has 5 aromatic carbocycles. The van der Waals surface area contributed by atoms with Gasteiger partial charge in [0.05, 0.1) is 16.6 Å². The van der Waals surface area contributed by atoms with E-state index in [0.29, 0.717) is 23.4 Å². The smallest absolute Gasteiger partial charge is 0.166 e. The van der Waals surface area contributed by atoms with Crippen LogP contribution >= 0.6 is 0 Å². The number of Topliss-reactive ketones (excluding diaryl/α,β-unsaturated/α-hetero) is 2. The first kappa shape index (κ1) is 24.5. The van der Waals surface area contributed by atoms with Crippen molar-refractivity contribution in [2.45, 2.75) is 63.2 Å². The van der Waals surface area contributed by atoms with E-state index in [1.807, 2.05) is 0 Å². The number of ketones is 2. The van der Waals surface area contributed by atoms with Gasteiger partial charge in [0, 0.05) is 55.3 Å². The van der Waals surface area contributed by atoms with Gasteiger partial charge in [-0.2, -0.15) is 0 Å². The van der Waals surface area contributed by atoms with E-state index in [2.05, 4.69) is 71.1 Å². The molecule has 222 valence electrons. The summed E-state index contributed by atoms with van der Waals surface area (Å²) in [5.41, 5.74) is 9.44. The number of fused-ring (bicyclic) bond motifs is 13. The van der Waals surface area contributed by atoms with E-state index in [-0.39, 0.29) is 11.8 Å². The minimum absolute atomic E-state index is 0.139. The zero-order chi connectivity index (χ0) is 30.0. The molecule has 4 nitrogen and oxygen atoms in total. The second-order valence-corrected chi connectivity index (χ2v) is 14.9. The molecule has 8 aromatic rings. The molecule has 3 heterocycles. The predicted molar refractivity (Wildman–Crippen MR) is 184 cm³/mol. The molecule has 0 spiro atoms. The van der Waals surface area contributed by atoms with Gasteiger partial charge in [0.25, 0.3) is 0 Å². The molecule has 0 amide bonds. The molecule has 6 aliphatic rings. The first-order valence-electron chi connectivity index (χ1n) is 17.3. The number of carbonyl (C=O) groups is 2. The molecule has 46 heavy (non-hydrogen) atoms. The second-order valence-electron chi connectivity index (χ2n) is 14.9. The van der Waals surface area contributed by atoms with Crippen LogP contribution in [0.4, 0.5) is 0 Å². The molecule has 2 fully saturated rings. The Kier molecular flexibility index (Phi) is 4.35.